The highest BCUT2D eigenvalue weighted by atomic mass is 19.1. The third-order valence-electron chi connectivity index (χ3n) is 4.35. The van der Waals surface area contributed by atoms with Gasteiger partial charge in [-0.2, -0.15) is 5.26 Å². The van der Waals surface area contributed by atoms with E-state index < -0.39 is 0 Å². The molecule has 0 aliphatic heterocycles. The second-order valence-electron chi connectivity index (χ2n) is 6.08. The first-order valence-electron chi connectivity index (χ1n) is 8.17. The molecule has 0 radical (unpaired) electrons. The molecule has 0 spiro atoms. The number of allylic oxidation sites excluding steroid dienone is 1. The van der Waals surface area contributed by atoms with Crippen LogP contribution in [0.25, 0.3) is 11.6 Å². The standard InChI is InChI=1S/C22H19FN2/c1-16-11-20(12-21(14-24)19-9-6-10-22(23)13-19)17(2)25(16)15-18-7-4-3-5-8-18/h3-13H,15H2,1-2H3/b21-12+. The number of hydrogen-bond donors (Lipinski definition) is 0. The second kappa shape index (κ2) is 7.19. The summed E-state index contributed by atoms with van der Waals surface area (Å²) >= 11 is 0. The highest BCUT2D eigenvalue weighted by Crippen LogP contribution is 2.23. The van der Waals surface area contributed by atoms with Crippen molar-refractivity contribution in [2.24, 2.45) is 0 Å². The Kier molecular flexibility index (Phi) is 4.81. The van der Waals surface area contributed by atoms with Gasteiger partial charge in [0.15, 0.2) is 0 Å². The van der Waals surface area contributed by atoms with Crippen molar-refractivity contribution >= 4 is 11.6 Å². The van der Waals surface area contributed by atoms with E-state index in [1.54, 1.807) is 12.1 Å². The first kappa shape index (κ1) is 16.7. The molecular weight excluding hydrogens is 311 g/mol. The molecule has 2 nitrogen and oxygen atoms in total. The fourth-order valence-electron chi connectivity index (χ4n) is 2.97. The molecule has 3 heteroatoms. The van der Waals surface area contributed by atoms with Gasteiger partial charge < -0.3 is 4.57 Å². The van der Waals surface area contributed by atoms with E-state index in [4.69, 9.17) is 0 Å². The molecule has 0 aliphatic carbocycles. The average molecular weight is 330 g/mol. The summed E-state index contributed by atoms with van der Waals surface area (Å²) in [4.78, 5) is 0. The van der Waals surface area contributed by atoms with Crippen molar-refractivity contribution in [2.75, 3.05) is 0 Å². The maximum atomic E-state index is 13.5. The van der Waals surface area contributed by atoms with Crippen LogP contribution >= 0.6 is 0 Å². The largest absolute Gasteiger partial charge is 0.344 e. The lowest BCUT2D eigenvalue weighted by Gasteiger charge is -2.09. The summed E-state index contributed by atoms with van der Waals surface area (Å²) in [6.45, 7) is 4.89. The van der Waals surface area contributed by atoms with Crippen LogP contribution in [0.3, 0.4) is 0 Å². The van der Waals surface area contributed by atoms with Crippen LogP contribution in [-0.2, 0) is 6.54 Å². The van der Waals surface area contributed by atoms with Crippen LogP contribution in [0.4, 0.5) is 4.39 Å². The van der Waals surface area contributed by atoms with Crippen LogP contribution in [0.1, 0.15) is 28.1 Å². The number of halogens is 1. The third kappa shape index (κ3) is 3.70. The Labute approximate surface area is 147 Å². The van der Waals surface area contributed by atoms with E-state index in [9.17, 15) is 9.65 Å². The van der Waals surface area contributed by atoms with Crippen molar-refractivity contribution in [3.8, 4) is 6.07 Å². The summed E-state index contributed by atoms with van der Waals surface area (Å²) in [6.07, 6.45) is 1.83. The van der Waals surface area contributed by atoms with Gasteiger partial charge in [0.25, 0.3) is 0 Å². The Balaban J connectivity index is 1.98. The number of benzene rings is 2. The predicted octanol–water partition coefficient (Wildman–Crippen LogP) is 5.36. The van der Waals surface area contributed by atoms with Crippen LogP contribution in [0, 0.1) is 31.0 Å². The highest BCUT2D eigenvalue weighted by Gasteiger charge is 2.10. The Morgan fingerprint density at radius 1 is 1.08 bits per heavy atom. The van der Waals surface area contributed by atoms with E-state index in [0.29, 0.717) is 11.1 Å². The topological polar surface area (TPSA) is 28.7 Å². The predicted molar refractivity (Wildman–Crippen MR) is 99.3 cm³/mol. The molecule has 124 valence electrons. The van der Waals surface area contributed by atoms with Crippen molar-refractivity contribution in [1.29, 1.82) is 5.26 Å². The van der Waals surface area contributed by atoms with Crippen molar-refractivity contribution in [3.63, 3.8) is 0 Å². The minimum atomic E-state index is -0.340. The number of nitriles is 1. The quantitative estimate of drug-likeness (QED) is 0.592. The minimum absolute atomic E-state index is 0.340. The molecule has 0 saturated heterocycles. The van der Waals surface area contributed by atoms with Gasteiger partial charge in [-0.1, -0.05) is 42.5 Å². The zero-order valence-corrected chi connectivity index (χ0v) is 14.3. The van der Waals surface area contributed by atoms with Gasteiger partial charge in [0.1, 0.15) is 5.82 Å². The molecular formula is C22H19FN2. The van der Waals surface area contributed by atoms with Gasteiger partial charge in [0, 0.05) is 17.9 Å². The van der Waals surface area contributed by atoms with Crippen LogP contribution in [0.2, 0.25) is 0 Å². The number of nitrogens with zero attached hydrogens (tertiary/aromatic N) is 2. The lowest BCUT2D eigenvalue weighted by atomic mass is 10.0. The monoisotopic (exact) mass is 330 g/mol. The summed E-state index contributed by atoms with van der Waals surface area (Å²) in [5, 5.41) is 9.49. The summed E-state index contributed by atoms with van der Waals surface area (Å²) in [5.74, 6) is -0.340. The number of rotatable bonds is 4. The fourth-order valence-corrected chi connectivity index (χ4v) is 2.97. The molecule has 0 N–H and O–H groups in total. The van der Waals surface area contributed by atoms with Gasteiger partial charge in [-0.05, 0) is 54.8 Å². The van der Waals surface area contributed by atoms with Gasteiger partial charge in [-0.25, -0.2) is 4.39 Å². The van der Waals surface area contributed by atoms with E-state index in [1.807, 2.05) is 31.2 Å². The lowest BCUT2D eigenvalue weighted by Crippen LogP contribution is -2.03. The second-order valence-corrected chi connectivity index (χ2v) is 6.08. The number of aryl methyl sites for hydroxylation is 1. The molecule has 0 bridgehead atoms. The molecule has 3 rings (SSSR count). The number of aromatic nitrogens is 1. The summed E-state index contributed by atoms with van der Waals surface area (Å²) < 4.78 is 15.7. The van der Waals surface area contributed by atoms with E-state index in [2.05, 4.69) is 35.8 Å². The molecule has 2 aromatic carbocycles. The van der Waals surface area contributed by atoms with Crippen LogP contribution in [0.5, 0.6) is 0 Å². The first-order valence-corrected chi connectivity index (χ1v) is 8.17. The Hall–Kier alpha value is -3.12. The van der Waals surface area contributed by atoms with Crippen LogP contribution < -0.4 is 0 Å². The molecule has 1 heterocycles. The molecule has 25 heavy (non-hydrogen) atoms. The Bertz CT molecular complexity index is 959. The Morgan fingerprint density at radius 2 is 1.84 bits per heavy atom. The SMILES string of the molecule is Cc1cc(/C=C(\C#N)c2cccc(F)c2)c(C)n1Cc1ccccc1. The molecule has 1 aromatic heterocycles. The molecule has 0 fully saturated rings. The van der Waals surface area contributed by atoms with Gasteiger partial charge in [0.05, 0.1) is 11.6 Å². The van der Waals surface area contributed by atoms with Crippen molar-refractivity contribution in [3.05, 3.63) is 94.6 Å². The van der Waals surface area contributed by atoms with E-state index >= 15 is 0 Å². The van der Waals surface area contributed by atoms with Gasteiger partial charge in [-0.15, -0.1) is 0 Å². The van der Waals surface area contributed by atoms with E-state index in [1.165, 1.54) is 17.7 Å². The molecule has 0 aliphatic rings. The van der Waals surface area contributed by atoms with Crippen LogP contribution in [-0.4, -0.2) is 4.57 Å². The van der Waals surface area contributed by atoms with Crippen molar-refractivity contribution < 1.29 is 4.39 Å². The summed E-state index contributed by atoms with van der Waals surface area (Å²) in [6, 6.07) is 20.6. The fraction of sp³-hybridized carbons (Fsp3) is 0.136. The summed E-state index contributed by atoms with van der Waals surface area (Å²) in [5.41, 5.74) is 5.48. The van der Waals surface area contributed by atoms with Crippen LogP contribution in [0.15, 0.2) is 60.7 Å². The average Bonchev–Trinajstić information content (AvgIpc) is 2.88. The van der Waals surface area contributed by atoms with Crippen molar-refractivity contribution in [1.82, 2.24) is 4.57 Å². The summed E-state index contributed by atoms with van der Waals surface area (Å²) in [7, 11) is 0. The molecule has 0 saturated carbocycles. The maximum absolute atomic E-state index is 13.5. The number of hydrogen-bond acceptors (Lipinski definition) is 1. The van der Waals surface area contributed by atoms with Crippen molar-refractivity contribution in [2.45, 2.75) is 20.4 Å². The maximum Gasteiger partial charge on any atom is 0.123 e. The zero-order valence-electron chi connectivity index (χ0n) is 14.3. The third-order valence-corrected chi connectivity index (χ3v) is 4.35. The van der Waals surface area contributed by atoms with Gasteiger partial charge in [-0.3, -0.25) is 0 Å². The molecule has 0 unspecified atom stereocenters. The zero-order chi connectivity index (χ0) is 17.8. The lowest BCUT2D eigenvalue weighted by molar-refractivity contribution is 0.627. The Morgan fingerprint density at radius 3 is 2.52 bits per heavy atom. The highest BCUT2D eigenvalue weighted by molar-refractivity contribution is 5.90. The smallest absolute Gasteiger partial charge is 0.123 e. The van der Waals surface area contributed by atoms with E-state index in [-0.39, 0.29) is 5.82 Å². The molecule has 3 aromatic rings. The normalized spacial score (nSPS) is 11.4. The first-order chi connectivity index (χ1) is 12.1. The minimum Gasteiger partial charge on any atom is -0.344 e. The van der Waals surface area contributed by atoms with E-state index in [0.717, 1.165) is 23.5 Å². The molecule has 0 amide bonds. The van der Waals surface area contributed by atoms with Gasteiger partial charge >= 0.3 is 0 Å². The van der Waals surface area contributed by atoms with Gasteiger partial charge in [0.2, 0.25) is 0 Å². The molecule has 0 atom stereocenters.